The minimum atomic E-state index is -0.0631. The second-order valence-electron chi connectivity index (χ2n) is 5.03. The van der Waals surface area contributed by atoms with Crippen LogP contribution in [0.2, 0.25) is 0 Å². The van der Waals surface area contributed by atoms with Gasteiger partial charge in [-0.25, -0.2) is 0 Å². The summed E-state index contributed by atoms with van der Waals surface area (Å²) in [5.74, 6) is 0. The van der Waals surface area contributed by atoms with Crippen molar-refractivity contribution in [3.8, 4) is 0 Å². The molecule has 2 aromatic carbocycles. The van der Waals surface area contributed by atoms with Crippen molar-refractivity contribution in [1.82, 2.24) is 0 Å². The summed E-state index contributed by atoms with van der Waals surface area (Å²) >= 11 is 3.53. The summed E-state index contributed by atoms with van der Waals surface area (Å²) in [6.45, 7) is 4.29. The van der Waals surface area contributed by atoms with Gasteiger partial charge in [0.25, 0.3) is 0 Å². The molecule has 0 aliphatic heterocycles. The zero-order valence-corrected chi connectivity index (χ0v) is 13.1. The first-order valence-corrected chi connectivity index (χ1v) is 7.51. The standard InChI is InChI=1S/C17H20BrN/c1-3-4-13-5-7-14(8-6-13)17(19)15-9-12(2)10-16(18)11-15/h5-11,17H,3-4,19H2,1-2H3. The summed E-state index contributed by atoms with van der Waals surface area (Å²) in [5.41, 5.74) is 11.3. The highest BCUT2D eigenvalue weighted by Gasteiger charge is 2.10. The van der Waals surface area contributed by atoms with Crippen molar-refractivity contribution in [3.63, 3.8) is 0 Å². The maximum absolute atomic E-state index is 6.36. The van der Waals surface area contributed by atoms with E-state index in [0.717, 1.165) is 22.0 Å². The number of benzene rings is 2. The number of nitrogens with two attached hydrogens (primary N) is 1. The normalized spacial score (nSPS) is 12.4. The highest BCUT2D eigenvalue weighted by Crippen LogP contribution is 2.24. The van der Waals surface area contributed by atoms with Crippen LogP contribution in [0.1, 0.15) is 41.6 Å². The molecular formula is C17H20BrN. The zero-order valence-electron chi connectivity index (χ0n) is 11.5. The Bertz CT molecular complexity index is 525. The fourth-order valence-corrected chi connectivity index (χ4v) is 2.94. The number of halogens is 1. The van der Waals surface area contributed by atoms with Crippen LogP contribution in [0.25, 0.3) is 0 Å². The third kappa shape index (κ3) is 3.68. The van der Waals surface area contributed by atoms with Gasteiger partial charge in [0.1, 0.15) is 0 Å². The molecule has 0 amide bonds. The van der Waals surface area contributed by atoms with Gasteiger partial charge in [-0.1, -0.05) is 59.6 Å². The molecule has 0 radical (unpaired) electrons. The summed E-state index contributed by atoms with van der Waals surface area (Å²) in [4.78, 5) is 0. The molecule has 1 nitrogen and oxygen atoms in total. The Kier molecular flexibility index (Phi) is 4.78. The van der Waals surface area contributed by atoms with Crippen LogP contribution < -0.4 is 5.73 Å². The molecule has 0 spiro atoms. The van der Waals surface area contributed by atoms with E-state index in [4.69, 9.17) is 5.73 Å². The number of rotatable bonds is 4. The minimum Gasteiger partial charge on any atom is -0.320 e. The topological polar surface area (TPSA) is 26.0 Å². The van der Waals surface area contributed by atoms with E-state index in [0.29, 0.717) is 0 Å². The molecular weight excluding hydrogens is 298 g/mol. The van der Waals surface area contributed by atoms with Crippen molar-refractivity contribution in [3.05, 3.63) is 69.2 Å². The molecule has 0 fully saturated rings. The first kappa shape index (κ1) is 14.3. The lowest BCUT2D eigenvalue weighted by Crippen LogP contribution is -2.12. The van der Waals surface area contributed by atoms with E-state index >= 15 is 0 Å². The summed E-state index contributed by atoms with van der Waals surface area (Å²) in [5, 5.41) is 0. The Balaban J connectivity index is 2.25. The molecule has 0 bridgehead atoms. The van der Waals surface area contributed by atoms with Crippen LogP contribution >= 0.6 is 15.9 Å². The predicted octanol–water partition coefficient (Wildman–Crippen LogP) is 4.76. The lowest BCUT2D eigenvalue weighted by molar-refractivity contribution is 0.863. The first-order valence-electron chi connectivity index (χ1n) is 6.71. The predicted molar refractivity (Wildman–Crippen MR) is 85.3 cm³/mol. The molecule has 2 aromatic rings. The molecule has 2 rings (SSSR count). The second-order valence-corrected chi connectivity index (χ2v) is 5.95. The molecule has 0 aromatic heterocycles. The molecule has 0 aliphatic carbocycles. The van der Waals surface area contributed by atoms with Crippen molar-refractivity contribution in [2.24, 2.45) is 5.73 Å². The summed E-state index contributed by atoms with van der Waals surface area (Å²) < 4.78 is 1.08. The largest absolute Gasteiger partial charge is 0.320 e. The van der Waals surface area contributed by atoms with E-state index in [1.54, 1.807) is 0 Å². The van der Waals surface area contributed by atoms with Gasteiger partial charge in [0, 0.05) is 4.47 Å². The third-order valence-electron chi connectivity index (χ3n) is 3.30. The van der Waals surface area contributed by atoms with Crippen LogP contribution in [0.3, 0.4) is 0 Å². The molecule has 1 atom stereocenters. The highest BCUT2D eigenvalue weighted by molar-refractivity contribution is 9.10. The van der Waals surface area contributed by atoms with Crippen LogP contribution in [0.5, 0.6) is 0 Å². The van der Waals surface area contributed by atoms with Crippen LogP contribution in [-0.4, -0.2) is 0 Å². The molecule has 100 valence electrons. The van der Waals surface area contributed by atoms with Gasteiger partial charge in [0.05, 0.1) is 6.04 Å². The molecule has 0 aliphatic rings. The van der Waals surface area contributed by atoms with Gasteiger partial charge in [-0.2, -0.15) is 0 Å². The van der Waals surface area contributed by atoms with Gasteiger partial charge in [0.2, 0.25) is 0 Å². The van der Waals surface area contributed by atoms with Gasteiger partial charge in [-0.05, 0) is 47.7 Å². The molecule has 0 saturated heterocycles. The maximum Gasteiger partial charge on any atom is 0.0552 e. The number of hydrogen-bond acceptors (Lipinski definition) is 1. The van der Waals surface area contributed by atoms with Crippen molar-refractivity contribution in [2.75, 3.05) is 0 Å². The molecule has 0 saturated carbocycles. The fourth-order valence-electron chi connectivity index (χ4n) is 2.32. The highest BCUT2D eigenvalue weighted by atomic mass is 79.9. The third-order valence-corrected chi connectivity index (χ3v) is 3.76. The minimum absolute atomic E-state index is 0.0631. The Labute approximate surface area is 124 Å². The molecule has 2 N–H and O–H groups in total. The number of hydrogen-bond donors (Lipinski definition) is 1. The van der Waals surface area contributed by atoms with Crippen LogP contribution in [-0.2, 0) is 6.42 Å². The average molecular weight is 318 g/mol. The van der Waals surface area contributed by atoms with Gasteiger partial charge >= 0.3 is 0 Å². The Morgan fingerprint density at radius 3 is 2.32 bits per heavy atom. The van der Waals surface area contributed by atoms with Gasteiger partial charge in [-0.3, -0.25) is 0 Å². The molecule has 2 heteroatoms. The van der Waals surface area contributed by atoms with Crippen LogP contribution in [0, 0.1) is 6.92 Å². The lowest BCUT2D eigenvalue weighted by Gasteiger charge is -2.14. The van der Waals surface area contributed by atoms with Crippen molar-refractivity contribution in [1.29, 1.82) is 0 Å². The SMILES string of the molecule is CCCc1ccc(C(N)c2cc(C)cc(Br)c2)cc1. The van der Waals surface area contributed by atoms with Gasteiger partial charge < -0.3 is 5.73 Å². The number of aryl methyl sites for hydroxylation is 2. The summed E-state index contributed by atoms with van der Waals surface area (Å²) in [6, 6.07) is 14.9. The van der Waals surface area contributed by atoms with Gasteiger partial charge in [-0.15, -0.1) is 0 Å². The molecule has 0 heterocycles. The van der Waals surface area contributed by atoms with E-state index in [1.807, 2.05) is 0 Å². The Morgan fingerprint density at radius 2 is 1.74 bits per heavy atom. The lowest BCUT2D eigenvalue weighted by atomic mass is 9.97. The van der Waals surface area contributed by atoms with E-state index in [1.165, 1.54) is 17.5 Å². The average Bonchev–Trinajstić information content (AvgIpc) is 2.38. The first-order chi connectivity index (χ1) is 9.10. The fraction of sp³-hybridized carbons (Fsp3) is 0.294. The Hall–Kier alpha value is -1.12. The second kappa shape index (κ2) is 6.36. The molecule has 1 unspecified atom stereocenters. The van der Waals surface area contributed by atoms with E-state index in [9.17, 15) is 0 Å². The van der Waals surface area contributed by atoms with Crippen molar-refractivity contribution in [2.45, 2.75) is 32.7 Å². The maximum atomic E-state index is 6.36. The van der Waals surface area contributed by atoms with E-state index in [-0.39, 0.29) is 6.04 Å². The van der Waals surface area contributed by atoms with Crippen molar-refractivity contribution < 1.29 is 0 Å². The van der Waals surface area contributed by atoms with E-state index in [2.05, 4.69) is 72.2 Å². The van der Waals surface area contributed by atoms with Gasteiger partial charge in [0.15, 0.2) is 0 Å². The van der Waals surface area contributed by atoms with Crippen molar-refractivity contribution >= 4 is 15.9 Å². The quantitative estimate of drug-likeness (QED) is 0.864. The zero-order chi connectivity index (χ0) is 13.8. The smallest absolute Gasteiger partial charge is 0.0552 e. The van der Waals surface area contributed by atoms with Crippen LogP contribution in [0.4, 0.5) is 0 Å². The van der Waals surface area contributed by atoms with Crippen LogP contribution in [0.15, 0.2) is 46.9 Å². The Morgan fingerprint density at radius 1 is 1.05 bits per heavy atom. The van der Waals surface area contributed by atoms with E-state index < -0.39 is 0 Å². The summed E-state index contributed by atoms with van der Waals surface area (Å²) in [7, 11) is 0. The molecule has 19 heavy (non-hydrogen) atoms. The monoisotopic (exact) mass is 317 g/mol. The summed E-state index contributed by atoms with van der Waals surface area (Å²) in [6.07, 6.45) is 2.31.